The van der Waals surface area contributed by atoms with Gasteiger partial charge in [-0.3, -0.25) is 9.59 Å². The number of carbonyl (C=O) groups excluding carboxylic acids is 3. The van der Waals surface area contributed by atoms with E-state index in [1.807, 2.05) is 31.2 Å². The molecule has 0 saturated carbocycles. The Balaban J connectivity index is 1.65. The third-order valence-corrected chi connectivity index (χ3v) is 7.25. The quantitative estimate of drug-likeness (QED) is 0.340. The first-order valence-electron chi connectivity index (χ1n) is 10.6. The molecule has 0 aliphatic carbocycles. The summed E-state index contributed by atoms with van der Waals surface area (Å²) >= 11 is 2.24. The third kappa shape index (κ3) is 6.20. The molecule has 2 aromatic heterocycles. The molecule has 35 heavy (non-hydrogen) atoms. The van der Waals surface area contributed by atoms with Gasteiger partial charge in [0.15, 0.2) is 11.0 Å². The van der Waals surface area contributed by atoms with Crippen LogP contribution in [0.2, 0.25) is 0 Å². The topological polar surface area (TPSA) is 116 Å². The zero-order chi connectivity index (χ0) is 25.7. The number of aryl methyl sites for hydroxylation is 1. The Morgan fingerprint density at radius 1 is 1.14 bits per heavy atom. The molecule has 0 spiro atoms. The predicted octanol–water partition coefficient (Wildman–Crippen LogP) is 3.29. The highest BCUT2D eigenvalue weighted by molar-refractivity contribution is 7.99. The van der Waals surface area contributed by atoms with Gasteiger partial charge >= 0.3 is 5.97 Å². The smallest absolute Gasteiger partial charge is 0.341 e. The normalized spacial score (nSPS) is 10.7. The molecule has 2 amide bonds. The number of esters is 1. The summed E-state index contributed by atoms with van der Waals surface area (Å²) in [5, 5.41) is 11.8. The SMILES string of the molecule is COC(=O)c1c(NC(=O)CSc2nnc(COc3ccc(C)cc3)n2C)sc(C(=O)N(C)C)c1C. The van der Waals surface area contributed by atoms with E-state index in [1.54, 1.807) is 32.6 Å². The van der Waals surface area contributed by atoms with Gasteiger partial charge in [-0.15, -0.1) is 21.5 Å². The summed E-state index contributed by atoms with van der Waals surface area (Å²) in [6.45, 7) is 3.90. The van der Waals surface area contributed by atoms with Crippen LogP contribution in [0.5, 0.6) is 5.75 Å². The maximum absolute atomic E-state index is 12.7. The van der Waals surface area contributed by atoms with Crippen molar-refractivity contribution in [1.82, 2.24) is 19.7 Å². The monoisotopic (exact) mass is 517 g/mol. The molecule has 0 atom stereocenters. The van der Waals surface area contributed by atoms with Crippen LogP contribution in [0.25, 0.3) is 0 Å². The number of aromatic nitrogens is 3. The molecule has 1 N–H and O–H groups in total. The van der Waals surface area contributed by atoms with E-state index in [0.29, 0.717) is 21.4 Å². The van der Waals surface area contributed by atoms with Crippen molar-refractivity contribution in [2.24, 2.45) is 7.05 Å². The van der Waals surface area contributed by atoms with Crippen LogP contribution >= 0.6 is 23.1 Å². The number of anilines is 1. The molecule has 0 radical (unpaired) electrons. The highest BCUT2D eigenvalue weighted by Crippen LogP contribution is 2.34. The summed E-state index contributed by atoms with van der Waals surface area (Å²) in [7, 11) is 6.29. The van der Waals surface area contributed by atoms with Crippen LogP contribution < -0.4 is 10.1 Å². The Morgan fingerprint density at radius 3 is 2.46 bits per heavy atom. The van der Waals surface area contributed by atoms with Crippen LogP contribution in [0.15, 0.2) is 29.4 Å². The van der Waals surface area contributed by atoms with E-state index < -0.39 is 5.97 Å². The number of carbonyl (C=O) groups is 3. The van der Waals surface area contributed by atoms with E-state index in [4.69, 9.17) is 9.47 Å². The molecule has 12 heteroatoms. The lowest BCUT2D eigenvalue weighted by molar-refractivity contribution is -0.113. The number of nitrogens with zero attached hydrogens (tertiary/aromatic N) is 4. The Labute approximate surface area is 211 Å². The Morgan fingerprint density at radius 2 is 1.83 bits per heavy atom. The van der Waals surface area contributed by atoms with Gasteiger partial charge in [-0.25, -0.2) is 4.79 Å². The van der Waals surface area contributed by atoms with Crippen LogP contribution in [-0.2, 0) is 23.2 Å². The lowest BCUT2D eigenvalue weighted by atomic mass is 10.1. The maximum atomic E-state index is 12.7. The minimum Gasteiger partial charge on any atom is -0.486 e. The van der Waals surface area contributed by atoms with Crippen molar-refractivity contribution in [1.29, 1.82) is 0 Å². The maximum Gasteiger partial charge on any atom is 0.341 e. The van der Waals surface area contributed by atoms with Crippen molar-refractivity contribution in [3.63, 3.8) is 0 Å². The van der Waals surface area contributed by atoms with Gasteiger partial charge in [0.05, 0.1) is 23.3 Å². The number of methoxy groups -OCH3 is 1. The standard InChI is InChI=1S/C23H27N5O5S2/c1-13-7-9-15(10-8-13)33-11-16-25-26-23(28(16)5)34-12-17(29)24-20-18(22(31)32-6)14(2)19(35-20)21(30)27(3)4/h7-10H,11-12H2,1-6H3,(H,24,29). The van der Waals surface area contributed by atoms with Crippen LogP contribution in [0.3, 0.4) is 0 Å². The van der Waals surface area contributed by atoms with Gasteiger partial charge in [0.2, 0.25) is 5.91 Å². The molecule has 186 valence electrons. The predicted molar refractivity (Wildman–Crippen MR) is 134 cm³/mol. The van der Waals surface area contributed by atoms with Gasteiger partial charge in [0.1, 0.15) is 17.4 Å². The highest BCUT2D eigenvalue weighted by atomic mass is 32.2. The molecule has 0 fully saturated rings. The number of nitrogens with one attached hydrogen (secondary N) is 1. The van der Waals surface area contributed by atoms with Crippen LogP contribution in [0, 0.1) is 13.8 Å². The van der Waals surface area contributed by atoms with Crippen LogP contribution in [0.4, 0.5) is 5.00 Å². The Hall–Kier alpha value is -3.38. The number of amides is 2. The first-order valence-corrected chi connectivity index (χ1v) is 12.4. The van der Waals surface area contributed by atoms with Crippen molar-refractivity contribution in [3.05, 3.63) is 51.7 Å². The average Bonchev–Trinajstić information content (AvgIpc) is 3.34. The van der Waals surface area contributed by atoms with Crippen molar-refractivity contribution >= 4 is 45.9 Å². The first-order chi connectivity index (χ1) is 16.6. The second-order valence-electron chi connectivity index (χ2n) is 7.85. The highest BCUT2D eigenvalue weighted by Gasteiger charge is 2.27. The van der Waals surface area contributed by atoms with Crippen molar-refractivity contribution in [2.75, 3.05) is 32.3 Å². The summed E-state index contributed by atoms with van der Waals surface area (Å²) in [6, 6.07) is 7.70. The molecular weight excluding hydrogens is 490 g/mol. The van der Waals surface area contributed by atoms with Crippen LogP contribution in [0.1, 0.15) is 37.0 Å². The summed E-state index contributed by atoms with van der Waals surface area (Å²) in [5.41, 5.74) is 1.79. The van der Waals surface area contributed by atoms with E-state index in [2.05, 4.69) is 15.5 Å². The molecule has 0 aliphatic heterocycles. The molecule has 0 saturated heterocycles. The van der Waals surface area contributed by atoms with Crippen molar-refractivity contribution in [3.8, 4) is 5.75 Å². The lowest BCUT2D eigenvalue weighted by Gasteiger charge is -2.08. The Bertz CT molecular complexity index is 1230. The number of thioether (sulfide) groups is 1. The molecule has 0 unspecified atom stereocenters. The molecule has 0 bridgehead atoms. The summed E-state index contributed by atoms with van der Waals surface area (Å²) in [4.78, 5) is 39.2. The fourth-order valence-electron chi connectivity index (χ4n) is 3.03. The van der Waals surface area contributed by atoms with Crippen molar-refractivity contribution in [2.45, 2.75) is 25.6 Å². The zero-order valence-electron chi connectivity index (χ0n) is 20.4. The van der Waals surface area contributed by atoms with E-state index in [1.165, 1.54) is 23.8 Å². The molecule has 2 heterocycles. The lowest BCUT2D eigenvalue weighted by Crippen LogP contribution is -2.21. The molecule has 3 aromatic rings. The van der Waals surface area contributed by atoms with E-state index in [9.17, 15) is 14.4 Å². The largest absolute Gasteiger partial charge is 0.486 e. The number of rotatable bonds is 9. The number of thiophene rings is 1. The number of ether oxygens (including phenoxy) is 2. The first kappa shape index (κ1) is 26.2. The second-order valence-corrected chi connectivity index (χ2v) is 9.81. The van der Waals surface area contributed by atoms with Gasteiger partial charge in [-0.2, -0.15) is 0 Å². The molecular formula is C23H27N5O5S2. The zero-order valence-corrected chi connectivity index (χ0v) is 22.0. The molecule has 1 aromatic carbocycles. The third-order valence-electron chi connectivity index (χ3n) is 5.04. The van der Waals surface area contributed by atoms with Gasteiger partial charge in [0.25, 0.3) is 5.91 Å². The number of benzene rings is 1. The average molecular weight is 518 g/mol. The van der Waals surface area contributed by atoms with Gasteiger partial charge in [-0.1, -0.05) is 29.5 Å². The van der Waals surface area contributed by atoms with Gasteiger partial charge in [0, 0.05) is 21.1 Å². The van der Waals surface area contributed by atoms with Gasteiger partial charge in [-0.05, 0) is 31.5 Å². The van der Waals surface area contributed by atoms with Crippen molar-refractivity contribution < 1.29 is 23.9 Å². The number of hydrogen-bond donors (Lipinski definition) is 1. The van der Waals surface area contributed by atoms with Crippen LogP contribution in [-0.4, -0.2) is 64.4 Å². The minimum absolute atomic E-state index is 0.0271. The summed E-state index contributed by atoms with van der Waals surface area (Å²) < 4.78 is 12.4. The van der Waals surface area contributed by atoms with E-state index in [-0.39, 0.29) is 34.7 Å². The van der Waals surface area contributed by atoms with Gasteiger partial charge < -0.3 is 24.3 Å². The molecule has 10 nitrogen and oxygen atoms in total. The summed E-state index contributed by atoms with van der Waals surface area (Å²) in [5.74, 6) is 0.136. The second kappa shape index (κ2) is 11.4. The molecule has 3 rings (SSSR count). The summed E-state index contributed by atoms with van der Waals surface area (Å²) in [6.07, 6.45) is 0. The fraction of sp³-hybridized carbons (Fsp3) is 0.348. The van der Waals surface area contributed by atoms with E-state index in [0.717, 1.165) is 22.6 Å². The number of hydrogen-bond acceptors (Lipinski definition) is 9. The Kier molecular flexibility index (Phi) is 8.52. The minimum atomic E-state index is -0.619. The van der Waals surface area contributed by atoms with E-state index >= 15 is 0 Å². The fourth-order valence-corrected chi connectivity index (χ4v) is 4.99. The molecule has 0 aliphatic rings.